The number of hydrogen-bond acceptors (Lipinski definition) is 2. The molecule has 3 nitrogen and oxygen atoms in total. The Morgan fingerprint density at radius 2 is 2.06 bits per heavy atom. The first kappa shape index (κ1) is 14.6. The van der Waals surface area contributed by atoms with E-state index in [0.29, 0.717) is 18.5 Å². The van der Waals surface area contributed by atoms with Crippen molar-refractivity contribution in [1.82, 2.24) is 10.6 Å². The van der Waals surface area contributed by atoms with Gasteiger partial charge in [0.2, 0.25) is 5.91 Å². The maximum absolute atomic E-state index is 13.4. The molecule has 0 saturated carbocycles. The van der Waals surface area contributed by atoms with E-state index in [4.69, 9.17) is 0 Å². The van der Waals surface area contributed by atoms with E-state index in [1.54, 1.807) is 18.2 Å². The SMILES string of the molecule is CCNCCNC(=O)C(C)Cc1ccccc1F. The predicted octanol–water partition coefficient (Wildman–Crippen LogP) is 1.73. The first-order chi connectivity index (χ1) is 8.65. The van der Waals surface area contributed by atoms with Crippen LogP contribution < -0.4 is 10.6 Å². The summed E-state index contributed by atoms with van der Waals surface area (Å²) in [6.45, 7) is 6.08. The summed E-state index contributed by atoms with van der Waals surface area (Å²) in [4.78, 5) is 11.8. The molecule has 0 bridgehead atoms. The summed E-state index contributed by atoms with van der Waals surface area (Å²) in [5.74, 6) is -0.496. The molecule has 0 heterocycles. The lowest BCUT2D eigenvalue weighted by molar-refractivity contribution is -0.124. The average Bonchev–Trinajstić information content (AvgIpc) is 2.37. The highest BCUT2D eigenvalue weighted by molar-refractivity contribution is 5.78. The highest BCUT2D eigenvalue weighted by Gasteiger charge is 2.14. The van der Waals surface area contributed by atoms with Crippen molar-refractivity contribution >= 4 is 5.91 Å². The standard InChI is InChI=1S/C14H21FN2O/c1-3-16-8-9-17-14(18)11(2)10-12-6-4-5-7-13(12)15/h4-7,11,16H,3,8-10H2,1-2H3,(H,17,18). The lowest BCUT2D eigenvalue weighted by atomic mass is 10.00. The second kappa shape index (κ2) is 7.82. The number of nitrogens with one attached hydrogen (secondary N) is 2. The Morgan fingerprint density at radius 1 is 1.33 bits per heavy atom. The minimum absolute atomic E-state index is 0.0313. The van der Waals surface area contributed by atoms with Crippen molar-refractivity contribution in [1.29, 1.82) is 0 Å². The van der Waals surface area contributed by atoms with Gasteiger partial charge in [0.25, 0.3) is 0 Å². The molecule has 1 amide bonds. The van der Waals surface area contributed by atoms with E-state index in [1.807, 2.05) is 13.8 Å². The Labute approximate surface area is 108 Å². The number of amides is 1. The summed E-state index contributed by atoms with van der Waals surface area (Å²) in [6, 6.07) is 6.58. The molecule has 0 aliphatic rings. The van der Waals surface area contributed by atoms with E-state index in [2.05, 4.69) is 10.6 Å². The van der Waals surface area contributed by atoms with E-state index >= 15 is 0 Å². The molecular weight excluding hydrogens is 231 g/mol. The largest absolute Gasteiger partial charge is 0.355 e. The quantitative estimate of drug-likeness (QED) is 0.726. The van der Waals surface area contributed by atoms with Crippen molar-refractivity contribution < 1.29 is 9.18 Å². The molecule has 1 unspecified atom stereocenters. The molecule has 1 atom stereocenters. The second-order valence-corrected chi connectivity index (χ2v) is 4.34. The molecule has 0 aliphatic carbocycles. The van der Waals surface area contributed by atoms with Crippen LogP contribution in [-0.2, 0) is 11.2 Å². The molecule has 1 rings (SSSR count). The Morgan fingerprint density at radius 3 is 2.72 bits per heavy atom. The van der Waals surface area contributed by atoms with Crippen LogP contribution in [-0.4, -0.2) is 25.5 Å². The van der Waals surface area contributed by atoms with E-state index < -0.39 is 0 Å². The Bertz CT molecular complexity index is 382. The van der Waals surface area contributed by atoms with Crippen molar-refractivity contribution in [3.63, 3.8) is 0 Å². The van der Waals surface area contributed by atoms with E-state index in [1.165, 1.54) is 6.07 Å². The first-order valence-corrected chi connectivity index (χ1v) is 6.37. The number of carbonyl (C=O) groups is 1. The Kier molecular flexibility index (Phi) is 6.36. The number of likely N-dealkylation sites (N-methyl/N-ethyl adjacent to an activating group) is 1. The number of hydrogen-bond donors (Lipinski definition) is 2. The van der Waals surface area contributed by atoms with Crippen LogP contribution in [0.5, 0.6) is 0 Å². The van der Waals surface area contributed by atoms with Crippen LogP contribution in [0.1, 0.15) is 19.4 Å². The first-order valence-electron chi connectivity index (χ1n) is 6.37. The maximum Gasteiger partial charge on any atom is 0.223 e. The fourth-order valence-corrected chi connectivity index (χ4v) is 1.71. The second-order valence-electron chi connectivity index (χ2n) is 4.34. The number of rotatable bonds is 7. The zero-order chi connectivity index (χ0) is 13.4. The van der Waals surface area contributed by atoms with E-state index in [9.17, 15) is 9.18 Å². The smallest absolute Gasteiger partial charge is 0.223 e. The summed E-state index contributed by atoms with van der Waals surface area (Å²) >= 11 is 0. The van der Waals surface area contributed by atoms with Crippen molar-refractivity contribution in [3.05, 3.63) is 35.6 Å². The molecule has 18 heavy (non-hydrogen) atoms. The summed E-state index contributed by atoms with van der Waals surface area (Å²) in [7, 11) is 0. The monoisotopic (exact) mass is 252 g/mol. The van der Waals surface area contributed by atoms with Gasteiger partial charge in [-0.3, -0.25) is 4.79 Å². The van der Waals surface area contributed by atoms with Gasteiger partial charge < -0.3 is 10.6 Å². The zero-order valence-electron chi connectivity index (χ0n) is 11.0. The average molecular weight is 252 g/mol. The molecule has 0 saturated heterocycles. The zero-order valence-corrected chi connectivity index (χ0v) is 11.0. The molecular formula is C14H21FN2O. The molecule has 0 spiro atoms. The molecule has 4 heteroatoms. The highest BCUT2D eigenvalue weighted by atomic mass is 19.1. The third kappa shape index (κ3) is 4.84. The number of benzene rings is 1. The minimum atomic E-state index is -0.246. The molecule has 0 fully saturated rings. The minimum Gasteiger partial charge on any atom is -0.355 e. The highest BCUT2D eigenvalue weighted by Crippen LogP contribution is 2.12. The van der Waals surface area contributed by atoms with Crippen molar-refractivity contribution in [3.8, 4) is 0 Å². The summed E-state index contributed by atoms with van der Waals surface area (Å²) in [6.07, 6.45) is 0.430. The van der Waals surface area contributed by atoms with Gasteiger partial charge in [-0.25, -0.2) is 4.39 Å². The van der Waals surface area contributed by atoms with Gasteiger partial charge in [0.05, 0.1) is 0 Å². The van der Waals surface area contributed by atoms with Gasteiger partial charge in [0, 0.05) is 19.0 Å². The summed E-state index contributed by atoms with van der Waals surface area (Å²) in [5, 5.41) is 5.96. The van der Waals surface area contributed by atoms with Gasteiger partial charge in [0.15, 0.2) is 0 Å². The van der Waals surface area contributed by atoms with Gasteiger partial charge in [-0.2, -0.15) is 0 Å². The molecule has 1 aromatic carbocycles. The van der Waals surface area contributed by atoms with E-state index in [-0.39, 0.29) is 17.6 Å². The predicted molar refractivity (Wildman–Crippen MR) is 70.8 cm³/mol. The van der Waals surface area contributed by atoms with Gasteiger partial charge >= 0.3 is 0 Å². The van der Waals surface area contributed by atoms with Gasteiger partial charge in [-0.15, -0.1) is 0 Å². The topological polar surface area (TPSA) is 41.1 Å². The van der Waals surface area contributed by atoms with Gasteiger partial charge in [-0.1, -0.05) is 32.0 Å². The fraction of sp³-hybridized carbons (Fsp3) is 0.500. The van der Waals surface area contributed by atoms with Crippen molar-refractivity contribution in [2.24, 2.45) is 5.92 Å². The molecule has 1 aromatic rings. The lowest BCUT2D eigenvalue weighted by Gasteiger charge is -2.12. The van der Waals surface area contributed by atoms with Crippen molar-refractivity contribution in [2.75, 3.05) is 19.6 Å². The number of halogens is 1. The van der Waals surface area contributed by atoms with E-state index in [0.717, 1.165) is 13.1 Å². The summed E-state index contributed by atoms with van der Waals surface area (Å²) < 4.78 is 13.4. The Hall–Kier alpha value is -1.42. The van der Waals surface area contributed by atoms with Crippen LogP contribution >= 0.6 is 0 Å². The maximum atomic E-state index is 13.4. The summed E-state index contributed by atoms with van der Waals surface area (Å²) in [5.41, 5.74) is 0.590. The Balaban J connectivity index is 2.38. The van der Waals surface area contributed by atoms with Gasteiger partial charge in [0.1, 0.15) is 5.82 Å². The van der Waals surface area contributed by atoms with Gasteiger partial charge in [-0.05, 0) is 24.6 Å². The fourth-order valence-electron chi connectivity index (χ4n) is 1.71. The van der Waals surface area contributed by atoms with Crippen LogP contribution in [0.4, 0.5) is 4.39 Å². The van der Waals surface area contributed by atoms with Crippen LogP contribution in [0.15, 0.2) is 24.3 Å². The molecule has 0 aliphatic heterocycles. The number of carbonyl (C=O) groups excluding carboxylic acids is 1. The molecule has 100 valence electrons. The lowest BCUT2D eigenvalue weighted by Crippen LogP contribution is -2.35. The van der Waals surface area contributed by atoms with Crippen LogP contribution in [0.2, 0.25) is 0 Å². The normalized spacial score (nSPS) is 12.2. The molecule has 2 N–H and O–H groups in total. The van der Waals surface area contributed by atoms with Crippen LogP contribution in [0.25, 0.3) is 0 Å². The molecule has 0 radical (unpaired) electrons. The third-order valence-electron chi connectivity index (χ3n) is 2.78. The third-order valence-corrected chi connectivity index (χ3v) is 2.78. The van der Waals surface area contributed by atoms with Crippen LogP contribution in [0, 0.1) is 11.7 Å². The van der Waals surface area contributed by atoms with Crippen molar-refractivity contribution in [2.45, 2.75) is 20.3 Å². The van der Waals surface area contributed by atoms with Crippen LogP contribution in [0.3, 0.4) is 0 Å². The molecule has 0 aromatic heterocycles.